The zero-order valence-electron chi connectivity index (χ0n) is 27.7. The highest BCUT2D eigenvalue weighted by molar-refractivity contribution is 5.85. The maximum Gasteiger partial charge on any atom is 0.331 e. The molecule has 46 heavy (non-hydrogen) atoms. The topological polar surface area (TPSA) is 138 Å². The first-order valence-electron chi connectivity index (χ1n) is 18.2. The van der Waals surface area contributed by atoms with Crippen molar-refractivity contribution in [3.8, 4) is 0 Å². The van der Waals surface area contributed by atoms with Gasteiger partial charge in [-0.2, -0.15) is 0 Å². The van der Waals surface area contributed by atoms with Crippen molar-refractivity contribution in [1.29, 1.82) is 0 Å². The minimum atomic E-state index is -1.04. The third-order valence-electron chi connectivity index (χ3n) is 13.9. The van der Waals surface area contributed by atoms with Crippen molar-refractivity contribution in [2.24, 2.45) is 33.6 Å². The lowest BCUT2D eigenvalue weighted by Gasteiger charge is -2.66. The minimum absolute atomic E-state index is 0.0271. The lowest BCUT2D eigenvalue weighted by atomic mass is 9.41. The molecule has 0 aromatic rings. The molecule has 1 saturated heterocycles. The first kappa shape index (κ1) is 32.9. The molecule has 0 unspecified atom stereocenters. The van der Waals surface area contributed by atoms with E-state index in [9.17, 15) is 25.2 Å². The molecule has 7 aliphatic rings. The number of nitrogens with zero attached hydrogens (tertiary/aromatic N) is 1. The number of aliphatic hydroxyl groups excluding tert-OH is 2. The van der Waals surface area contributed by atoms with Gasteiger partial charge in [0, 0.05) is 42.5 Å². The van der Waals surface area contributed by atoms with Crippen LogP contribution in [0, 0.1) is 28.6 Å². The van der Waals surface area contributed by atoms with Gasteiger partial charge in [-0.05, 0) is 114 Å². The number of hydrogen-bond donors (Lipinski definition) is 4. The lowest BCUT2D eigenvalue weighted by Crippen LogP contribution is -2.69. The second kappa shape index (κ2) is 12.4. The fourth-order valence-electron chi connectivity index (χ4n) is 11.4. The van der Waals surface area contributed by atoms with Gasteiger partial charge in [-0.3, -0.25) is 4.99 Å². The molecule has 0 radical (unpaired) electrons. The molecule has 4 N–H and O–H groups in total. The summed E-state index contributed by atoms with van der Waals surface area (Å²) in [6.07, 6.45) is 15.3. The molecular formula is C37H55NO8. The molecule has 256 valence electrons. The van der Waals surface area contributed by atoms with Crippen LogP contribution in [-0.2, 0) is 19.0 Å². The molecule has 0 spiro atoms. The molecule has 0 aromatic heterocycles. The van der Waals surface area contributed by atoms with Crippen molar-refractivity contribution >= 4 is 12.2 Å². The van der Waals surface area contributed by atoms with Crippen LogP contribution in [0.5, 0.6) is 0 Å². The van der Waals surface area contributed by atoms with Crippen LogP contribution in [0.4, 0.5) is 0 Å². The summed E-state index contributed by atoms with van der Waals surface area (Å²) in [5.74, 6) is -0.0448. The Labute approximate surface area is 273 Å². The normalized spacial score (nSPS) is 49.1. The average molecular weight is 642 g/mol. The van der Waals surface area contributed by atoms with Gasteiger partial charge in [0.1, 0.15) is 12.7 Å². The number of ether oxygens (including phenoxy) is 3. The van der Waals surface area contributed by atoms with E-state index in [2.05, 4.69) is 19.2 Å². The number of fused-ring (bicyclic) bond motifs is 5. The number of allylic oxidation sites excluding steroid dienone is 1. The Hall–Kier alpha value is -1.62. The Morgan fingerprint density at radius 2 is 1.89 bits per heavy atom. The fourth-order valence-corrected chi connectivity index (χ4v) is 11.4. The highest BCUT2D eigenvalue weighted by Gasteiger charge is 2.71. The summed E-state index contributed by atoms with van der Waals surface area (Å²) in [5.41, 5.74) is -0.341. The van der Waals surface area contributed by atoms with Crippen LogP contribution in [0.15, 0.2) is 28.3 Å². The molecule has 7 rings (SSSR count). The van der Waals surface area contributed by atoms with Crippen LogP contribution in [0.2, 0.25) is 0 Å². The maximum absolute atomic E-state index is 12.8. The zero-order chi connectivity index (χ0) is 32.3. The predicted molar refractivity (Wildman–Crippen MR) is 172 cm³/mol. The number of aliphatic imine (C=N–C) groups is 1. The molecule has 0 bridgehead atoms. The van der Waals surface area contributed by atoms with Gasteiger partial charge in [0.2, 0.25) is 0 Å². The van der Waals surface area contributed by atoms with E-state index in [0.717, 1.165) is 56.9 Å². The molecule has 0 amide bonds. The molecule has 5 aliphatic carbocycles. The first-order chi connectivity index (χ1) is 22.0. The second-order valence-electron chi connectivity index (χ2n) is 16.1. The number of esters is 1. The number of aliphatic hydroxyl groups is 4. The summed E-state index contributed by atoms with van der Waals surface area (Å²) in [4.78, 5) is 17.1. The number of carbonyl (C=O) groups excluding carboxylic acids is 1. The van der Waals surface area contributed by atoms with E-state index >= 15 is 0 Å². The molecule has 0 aromatic carbocycles. The number of rotatable bonds is 7. The monoisotopic (exact) mass is 641 g/mol. The van der Waals surface area contributed by atoms with Crippen molar-refractivity contribution in [1.82, 2.24) is 0 Å². The smallest absolute Gasteiger partial charge is 0.331 e. The predicted octanol–water partition coefficient (Wildman–Crippen LogP) is 4.54. The molecule has 5 fully saturated rings. The highest BCUT2D eigenvalue weighted by atomic mass is 16.7. The lowest BCUT2D eigenvalue weighted by molar-refractivity contribution is -0.282. The van der Waals surface area contributed by atoms with Gasteiger partial charge in [0.05, 0.1) is 29.5 Å². The summed E-state index contributed by atoms with van der Waals surface area (Å²) >= 11 is 0. The Kier molecular flexibility index (Phi) is 8.84. The van der Waals surface area contributed by atoms with E-state index in [0.29, 0.717) is 38.8 Å². The largest absolute Gasteiger partial charge is 0.458 e. The average Bonchev–Trinajstić information content (AvgIpc) is 3.58. The zero-order valence-corrected chi connectivity index (χ0v) is 27.7. The van der Waals surface area contributed by atoms with E-state index < -0.39 is 41.2 Å². The number of carbonyl (C=O) groups is 1. The van der Waals surface area contributed by atoms with Gasteiger partial charge in [0.25, 0.3) is 0 Å². The van der Waals surface area contributed by atoms with Crippen LogP contribution < -0.4 is 0 Å². The third kappa shape index (κ3) is 5.36. The van der Waals surface area contributed by atoms with Gasteiger partial charge < -0.3 is 34.6 Å². The summed E-state index contributed by atoms with van der Waals surface area (Å²) in [6.45, 7) is 5.01. The van der Waals surface area contributed by atoms with E-state index in [1.54, 1.807) is 13.0 Å². The Morgan fingerprint density at radius 1 is 1.07 bits per heavy atom. The molecule has 9 nitrogen and oxygen atoms in total. The van der Waals surface area contributed by atoms with Crippen molar-refractivity contribution < 1.29 is 39.4 Å². The quantitative estimate of drug-likeness (QED) is 0.138. The summed E-state index contributed by atoms with van der Waals surface area (Å²) in [6, 6.07) is 0. The number of cyclic esters (lactones) is 1. The summed E-state index contributed by atoms with van der Waals surface area (Å²) in [7, 11) is 0. The van der Waals surface area contributed by atoms with E-state index in [4.69, 9.17) is 19.2 Å². The number of hydrogen-bond acceptors (Lipinski definition) is 9. The summed E-state index contributed by atoms with van der Waals surface area (Å²) < 4.78 is 17.6. The van der Waals surface area contributed by atoms with Gasteiger partial charge in [-0.15, -0.1) is 0 Å². The van der Waals surface area contributed by atoms with Gasteiger partial charge in [-0.25, -0.2) is 4.79 Å². The van der Waals surface area contributed by atoms with Gasteiger partial charge in [-0.1, -0.05) is 18.6 Å². The molecule has 9 heteroatoms. The van der Waals surface area contributed by atoms with Gasteiger partial charge >= 0.3 is 5.97 Å². The van der Waals surface area contributed by atoms with Crippen LogP contribution in [-0.4, -0.2) is 87.7 Å². The summed E-state index contributed by atoms with van der Waals surface area (Å²) in [5, 5.41) is 46.0. The Bertz CT molecular complexity index is 1250. The minimum Gasteiger partial charge on any atom is -0.458 e. The van der Waals surface area contributed by atoms with Crippen molar-refractivity contribution in [2.45, 2.75) is 152 Å². The van der Waals surface area contributed by atoms with Crippen LogP contribution in [0.25, 0.3) is 0 Å². The van der Waals surface area contributed by atoms with E-state index in [-0.39, 0.29) is 41.7 Å². The first-order valence-corrected chi connectivity index (χ1v) is 18.2. The van der Waals surface area contributed by atoms with Crippen molar-refractivity contribution in [3.63, 3.8) is 0 Å². The molecule has 12 atom stereocenters. The molecule has 2 aliphatic heterocycles. The van der Waals surface area contributed by atoms with Crippen LogP contribution >= 0.6 is 0 Å². The van der Waals surface area contributed by atoms with Crippen LogP contribution in [0.1, 0.15) is 110 Å². The molecule has 2 heterocycles. The van der Waals surface area contributed by atoms with Crippen LogP contribution in [0.3, 0.4) is 0 Å². The Morgan fingerprint density at radius 3 is 2.63 bits per heavy atom. The van der Waals surface area contributed by atoms with Gasteiger partial charge in [0.15, 0.2) is 6.29 Å². The SMILES string of the molecule is C[C@H]1O[C@@H](O[C@H]2CC[C@]3(C=NCCC4=CCCCC4)[C@H]4CC[C@]5(C)[C@H](C6=CC(=O)OC6)CC[C@]5(O)[C@@H]4CC[C@]3(O)C2)C[C@H](O)[C@@H]1O. The maximum atomic E-state index is 12.8. The second-order valence-corrected chi connectivity index (χ2v) is 16.1. The van der Waals surface area contributed by atoms with Crippen molar-refractivity contribution in [2.75, 3.05) is 13.2 Å². The molecule has 4 saturated carbocycles. The standard InChI is InChI=1S/C37H55NO8/c1-23-33(41)30(39)19-32(45-23)46-26-8-14-35(22-38-17-12-24-6-4-3-5-7-24)28-9-13-34(2)27(25-18-31(40)44-21-25)11-16-37(34,43)29(28)10-15-36(35,42)20-26/h6,18,22-23,26-30,32-33,39,41-43H,3-5,7-17,19-21H2,1-2H3/t23-,26+,27+,28+,29-,30+,32+,33-,34-,35+,36+,37+/m1/s1. The van der Waals surface area contributed by atoms with Crippen molar-refractivity contribution in [3.05, 3.63) is 23.3 Å². The third-order valence-corrected chi connectivity index (χ3v) is 13.9. The Balaban J connectivity index is 1.15. The fraction of sp³-hybridized carbons (Fsp3) is 0.838. The van der Waals surface area contributed by atoms with E-state index in [1.807, 2.05) is 0 Å². The van der Waals surface area contributed by atoms with E-state index in [1.165, 1.54) is 18.4 Å². The molecular weight excluding hydrogens is 586 g/mol. The highest BCUT2D eigenvalue weighted by Crippen LogP contribution is 2.70.